The molecule has 1 aromatic heterocycles. The molecule has 0 radical (unpaired) electrons. The van der Waals surface area contributed by atoms with E-state index in [1.54, 1.807) is 11.3 Å². The molecule has 0 saturated carbocycles. The van der Waals surface area contributed by atoms with Crippen molar-refractivity contribution in [3.8, 4) is 0 Å². The Labute approximate surface area is 82.8 Å². The van der Waals surface area contributed by atoms with Gasteiger partial charge in [0.25, 0.3) is 0 Å². The van der Waals surface area contributed by atoms with Crippen molar-refractivity contribution in [2.45, 2.75) is 26.3 Å². The van der Waals surface area contributed by atoms with Crippen LogP contribution >= 0.6 is 11.3 Å². The summed E-state index contributed by atoms with van der Waals surface area (Å²) < 4.78 is 0. The Bertz CT molecular complexity index is 273. The van der Waals surface area contributed by atoms with Crippen LogP contribution in [-0.4, -0.2) is 23.7 Å². The van der Waals surface area contributed by atoms with E-state index in [1.807, 2.05) is 14.0 Å². The van der Waals surface area contributed by atoms with Gasteiger partial charge in [-0.15, -0.1) is 11.3 Å². The lowest BCUT2D eigenvalue weighted by Crippen LogP contribution is -2.18. The molecule has 2 N–H and O–H groups in total. The van der Waals surface area contributed by atoms with Gasteiger partial charge in [-0.2, -0.15) is 0 Å². The van der Waals surface area contributed by atoms with Gasteiger partial charge < -0.3 is 10.4 Å². The second-order valence-corrected chi connectivity index (χ2v) is 4.44. The molecule has 3 nitrogen and oxygen atoms in total. The Hall–Kier alpha value is -0.450. The summed E-state index contributed by atoms with van der Waals surface area (Å²) in [6.07, 6.45) is 0.723. The lowest BCUT2D eigenvalue weighted by molar-refractivity contribution is 0.267. The lowest BCUT2D eigenvalue weighted by atomic mass is 10.1. The lowest BCUT2D eigenvalue weighted by Gasteiger charge is -2.12. The van der Waals surface area contributed by atoms with Crippen LogP contribution in [0.3, 0.4) is 0 Å². The Balaban J connectivity index is 2.83. The zero-order chi connectivity index (χ0) is 9.84. The molecule has 4 heteroatoms. The highest BCUT2D eigenvalue weighted by Gasteiger charge is 2.14. The van der Waals surface area contributed by atoms with Gasteiger partial charge in [-0.05, 0) is 27.3 Å². The third-order valence-corrected chi connectivity index (χ3v) is 2.94. The fraction of sp³-hybridized carbons (Fsp3) is 0.667. The average Bonchev–Trinajstić information content (AvgIpc) is 2.41. The minimum absolute atomic E-state index is 0.190. The molecule has 0 aromatic carbocycles. The summed E-state index contributed by atoms with van der Waals surface area (Å²) in [5.74, 6) is 0. The molecule has 0 fully saturated rings. The molecule has 1 aromatic rings. The molecule has 0 aliphatic carbocycles. The molecule has 1 rings (SSSR count). The number of aryl methyl sites for hydroxylation is 2. The maximum atomic E-state index is 8.86. The van der Waals surface area contributed by atoms with Crippen molar-refractivity contribution in [1.29, 1.82) is 0 Å². The minimum Gasteiger partial charge on any atom is -0.396 e. The van der Waals surface area contributed by atoms with E-state index in [0.29, 0.717) is 0 Å². The Morgan fingerprint density at radius 2 is 2.23 bits per heavy atom. The van der Waals surface area contributed by atoms with Gasteiger partial charge in [-0.25, -0.2) is 4.98 Å². The van der Waals surface area contributed by atoms with E-state index in [2.05, 4.69) is 17.2 Å². The first kappa shape index (κ1) is 10.6. The summed E-state index contributed by atoms with van der Waals surface area (Å²) in [6, 6.07) is 0.190. The molecular formula is C9H16N2OS. The van der Waals surface area contributed by atoms with Crippen LogP contribution in [-0.2, 0) is 0 Å². The van der Waals surface area contributed by atoms with Crippen molar-refractivity contribution in [2.75, 3.05) is 13.7 Å². The zero-order valence-corrected chi connectivity index (χ0v) is 9.11. The smallest absolute Gasteiger partial charge is 0.0900 e. The fourth-order valence-corrected chi connectivity index (χ4v) is 2.29. The zero-order valence-electron chi connectivity index (χ0n) is 8.29. The quantitative estimate of drug-likeness (QED) is 0.772. The van der Waals surface area contributed by atoms with Gasteiger partial charge in [0, 0.05) is 11.5 Å². The summed E-state index contributed by atoms with van der Waals surface area (Å²) in [7, 11) is 1.90. The topological polar surface area (TPSA) is 45.1 Å². The molecule has 0 bridgehead atoms. The molecule has 0 saturated heterocycles. The third kappa shape index (κ3) is 2.49. The third-order valence-electron chi connectivity index (χ3n) is 2.04. The standard InChI is InChI=1S/C9H16N2OS/c1-6-9(11-7(2)13-6)8(10-3)4-5-12/h8,10,12H,4-5H2,1-3H3. The van der Waals surface area contributed by atoms with E-state index in [-0.39, 0.29) is 12.6 Å². The SMILES string of the molecule is CNC(CCO)c1nc(C)sc1C. The number of nitrogens with zero attached hydrogens (tertiary/aromatic N) is 1. The van der Waals surface area contributed by atoms with Crippen LogP contribution in [0.4, 0.5) is 0 Å². The predicted molar refractivity (Wildman–Crippen MR) is 55.1 cm³/mol. The normalized spacial score (nSPS) is 13.2. The molecule has 0 aliphatic heterocycles. The molecule has 0 amide bonds. The molecule has 1 heterocycles. The molecular weight excluding hydrogens is 184 g/mol. The number of nitrogens with one attached hydrogen (secondary N) is 1. The van der Waals surface area contributed by atoms with Crippen molar-refractivity contribution in [2.24, 2.45) is 0 Å². The van der Waals surface area contributed by atoms with Crippen LogP contribution in [0, 0.1) is 13.8 Å². The van der Waals surface area contributed by atoms with Crippen LogP contribution in [0.25, 0.3) is 0 Å². The van der Waals surface area contributed by atoms with E-state index in [1.165, 1.54) is 4.88 Å². The van der Waals surface area contributed by atoms with Gasteiger partial charge >= 0.3 is 0 Å². The second-order valence-electron chi connectivity index (χ2n) is 3.03. The molecule has 13 heavy (non-hydrogen) atoms. The van der Waals surface area contributed by atoms with Gasteiger partial charge in [-0.1, -0.05) is 0 Å². The molecule has 0 spiro atoms. The fourth-order valence-electron chi connectivity index (χ4n) is 1.42. The summed E-state index contributed by atoms with van der Waals surface area (Å²) in [4.78, 5) is 5.69. The first-order chi connectivity index (χ1) is 6.19. The maximum Gasteiger partial charge on any atom is 0.0900 e. The van der Waals surface area contributed by atoms with E-state index in [0.717, 1.165) is 17.1 Å². The first-order valence-corrected chi connectivity index (χ1v) is 5.22. The number of thiazole rings is 1. The Kier molecular flexibility index (Phi) is 3.84. The van der Waals surface area contributed by atoms with Crippen molar-refractivity contribution in [3.05, 3.63) is 15.6 Å². The van der Waals surface area contributed by atoms with E-state index >= 15 is 0 Å². The number of aliphatic hydroxyl groups is 1. The number of hydrogen-bond donors (Lipinski definition) is 2. The Morgan fingerprint density at radius 3 is 2.62 bits per heavy atom. The van der Waals surface area contributed by atoms with Crippen molar-refractivity contribution in [3.63, 3.8) is 0 Å². The van der Waals surface area contributed by atoms with Crippen molar-refractivity contribution < 1.29 is 5.11 Å². The summed E-state index contributed by atoms with van der Waals surface area (Å²) >= 11 is 1.71. The minimum atomic E-state index is 0.190. The van der Waals surface area contributed by atoms with Crippen LogP contribution in [0.1, 0.15) is 28.0 Å². The van der Waals surface area contributed by atoms with E-state index in [9.17, 15) is 0 Å². The number of hydrogen-bond acceptors (Lipinski definition) is 4. The van der Waals surface area contributed by atoms with Crippen LogP contribution in [0.2, 0.25) is 0 Å². The van der Waals surface area contributed by atoms with E-state index < -0.39 is 0 Å². The first-order valence-electron chi connectivity index (χ1n) is 4.41. The number of rotatable bonds is 4. The number of aromatic nitrogens is 1. The second kappa shape index (κ2) is 4.69. The maximum absolute atomic E-state index is 8.86. The van der Waals surface area contributed by atoms with Gasteiger partial charge in [-0.3, -0.25) is 0 Å². The summed E-state index contributed by atoms with van der Waals surface area (Å²) in [5, 5.41) is 13.1. The van der Waals surface area contributed by atoms with Crippen LogP contribution < -0.4 is 5.32 Å². The predicted octanol–water partition coefficient (Wildman–Crippen LogP) is 1.40. The van der Waals surface area contributed by atoms with Crippen molar-refractivity contribution >= 4 is 11.3 Å². The molecule has 0 aliphatic rings. The average molecular weight is 200 g/mol. The number of aliphatic hydroxyl groups excluding tert-OH is 1. The summed E-state index contributed by atoms with van der Waals surface area (Å²) in [5.41, 5.74) is 1.08. The molecule has 74 valence electrons. The van der Waals surface area contributed by atoms with Gasteiger partial charge in [0.1, 0.15) is 0 Å². The van der Waals surface area contributed by atoms with Gasteiger partial charge in [0.05, 0.1) is 16.7 Å². The van der Waals surface area contributed by atoms with Crippen molar-refractivity contribution in [1.82, 2.24) is 10.3 Å². The highest BCUT2D eigenvalue weighted by molar-refractivity contribution is 7.11. The Morgan fingerprint density at radius 1 is 1.54 bits per heavy atom. The molecule has 1 atom stereocenters. The van der Waals surface area contributed by atoms with Crippen LogP contribution in [0.15, 0.2) is 0 Å². The van der Waals surface area contributed by atoms with Crippen LogP contribution in [0.5, 0.6) is 0 Å². The molecule has 1 unspecified atom stereocenters. The van der Waals surface area contributed by atoms with Gasteiger partial charge in [0.2, 0.25) is 0 Å². The monoisotopic (exact) mass is 200 g/mol. The largest absolute Gasteiger partial charge is 0.396 e. The summed E-state index contributed by atoms with van der Waals surface area (Å²) in [6.45, 7) is 4.27. The van der Waals surface area contributed by atoms with E-state index in [4.69, 9.17) is 5.11 Å². The highest BCUT2D eigenvalue weighted by atomic mass is 32.1. The highest BCUT2D eigenvalue weighted by Crippen LogP contribution is 2.24. The van der Waals surface area contributed by atoms with Gasteiger partial charge in [0.15, 0.2) is 0 Å².